The molecular weight excluding hydrogens is 290 g/mol. The van der Waals surface area contributed by atoms with Gasteiger partial charge in [0, 0.05) is 29.8 Å². The highest BCUT2D eigenvalue weighted by Crippen LogP contribution is 2.43. The average Bonchev–Trinajstić information content (AvgIpc) is 3.09. The number of allylic oxidation sites excluding steroid dienone is 2. The minimum Gasteiger partial charge on any atom is -0.469 e. The van der Waals surface area contributed by atoms with Gasteiger partial charge in [-0.05, 0) is 37.1 Å². The number of furan rings is 1. The van der Waals surface area contributed by atoms with E-state index in [2.05, 4.69) is 0 Å². The van der Waals surface area contributed by atoms with Crippen molar-refractivity contribution in [2.45, 2.75) is 31.6 Å². The summed E-state index contributed by atoms with van der Waals surface area (Å²) in [6.07, 6.45) is 3.95. The highest BCUT2D eigenvalue weighted by molar-refractivity contribution is 6.07. The van der Waals surface area contributed by atoms with Crippen molar-refractivity contribution >= 4 is 17.4 Å². The van der Waals surface area contributed by atoms with Gasteiger partial charge >= 0.3 is 0 Å². The Hall–Kier alpha value is -2.62. The first-order chi connectivity index (χ1) is 11.3. The van der Waals surface area contributed by atoms with E-state index in [1.54, 1.807) is 17.2 Å². The molecule has 4 heteroatoms. The molecule has 4 rings (SSSR count). The van der Waals surface area contributed by atoms with Crippen molar-refractivity contribution in [2.75, 3.05) is 4.90 Å². The Kier molecular flexibility index (Phi) is 3.37. The highest BCUT2D eigenvalue weighted by atomic mass is 16.3. The van der Waals surface area contributed by atoms with Gasteiger partial charge in [0.2, 0.25) is 5.91 Å². The molecule has 116 valence electrons. The molecule has 1 aromatic carbocycles. The summed E-state index contributed by atoms with van der Waals surface area (Å²) in [5, 5.41) is 0. The monoisotopic (exact) mass is 307 g/mol. The zero-order valence-electron chi connectivity index (χ0n) is 12.7. The van der Waals surface area contributed by atoms with Crippen LogP contribution in [-0.2, 0) is 9.59 Å². The quantitative estimate of drug-likeness (QED) is 0.847. The Morgan fingerprint density at radius 3 is 2.57 bits per heavy atom. The zero-order chi connectivity index (χ0) is 15.8. The molecule has 0 radical (unpaired) electrons. The highest BCUT2D eigenvalue weighted by Gasteiger charge is 2.40. The van der Waals surface area contributed by atoms with Gasteiger partial charge in [0.05, 0.1) is 12.2 Å². The normalized spacial score (nSPS) is 21.6. The lowest BCUT2D eigenvalue weighted by atomic mass is 9.79. The molecule has 23 heavy (non-hydrogen) atoms. The molecule has 1 aliphatic heterocycles. The Morgan fingerprint density at radius 2 is 1.83 bits per heavy atom. The molecule has 1 aliphatic carbocycles. The van der Waals surface area contributed by atoms with E-state index in [1.807, 2.05) is 36.4 Å². The van der Waals surface area contributed by atoms with Crippen LogP contribution >= 0.6 is 0 Å². The van der Waals surface area contributed by atoms with Crippen molar-refractivity contribution in [2.24, 2.45) is 0 Å². The number of nitrogens with zero attached hydrogens (tertiary/aromatic N) is 1. The van der Waals surface area contributed by atoms with Crippen LogP contribution < -0.4 is 4.90 Å². The molecule has 1 unspecified atom stereocenters. The van der Waals surface area contributed by atoms with E-state index in [0.717, 1.165) is 29.8 Å². The Bertz CT molecular complexity index is 774. The molecule has 0 saturated carbocycles. The fourth-order valence-electron chi connectivity index (χ4n) is 3.60. The maximum absolute atomic E-state index is 12.8. The second-order valence-electron chi connectivity index (χ2n) is 5.97. The molecule has 1 atom stereocenters. The summed E-state index contributed by atoms with van der Waals surface area (Å²) in [5.41, 5.74) is 2.44. The van der Waals surface area contributed by atoms with Gasteiger partial charge in [-0.3, -0.25) is 14.5 Å². The van der Waals surface area contributed by atoms with Gasteiger partial charge in [0.25, 0.3) is 0 Å². The van der Waals surface area contributed by atoms with Crippen LogP contribution in [0.2, 0.25) is 0 Å². The number of Topliss-reactive ketones (excluding diaryl/α,β-unsaturated/α-hetero) is 1. The fraction of sp³-hybridized carbons (Fsp3) is 0.263. The van der Waals surface area contributed by atoms with Crippen LogP contribution in [0.5, 0.6) is 0 Å². The van der Waals surface area contributed by atoms with Crippen molar-refractivity contribution in [1.82, 2.24) is 0 Å². The van der Waals surface area contributed by atoms with E-state index in [0.29, 0.717) is 12.2 Å². The molecule has 1 amide bonds. The lowest BCUT2D eigenvalue weighted by Gasteiger charge is -2.37. The van der Waals surface area contributed by atoms with Gasteiger partial charge in [-0.2, -0.15) is 0 Å². The second kappa shape index (κ2) is 5.54. The molecule has 2 heterocycles. The molecule has 0 saturated heterocycles. The molecule has 2 aliphatic rings. The summed E-state index contributed by atoms with van der Waals surface area (Å²) < 4.78 is 5.50. The number of ketones is 1. The van der Waals surface area contributed by atoms with E-state index < -0.39 is 0 Å². The first kappa shape index (κ1) is 14.0. The van der Waals surface area contributed by atoms with Gasteiger partial charge in [-0.25, -0.2) is 0 Å². The molecule has 0 fully saturated rings. The van der Waals surface area contributed by atoms with Crippen LogP contribution in [0, 0.1) is 0 Å². The van der Waals surface area contributed by atoms with Gasteiger partial charge in [-0.1, -0.05) is 18.2 Å². The van der Waals surface area contributed by atoms with Crippen LogP contribution in [-0.4, -0.2) is 11.7 Å². The Balaban J connectivity index is 1.87. The lowest BCUT2D eigenvalue weighted by Crippen LogP contribution is -2.40. The van der Waals surface area contributed by atoms with E-state index in [-0.39, 0.29) is 24.0 Å². The van der Waals surface area contributed by atoms with Gasteiger partial charge in [0.15, 0.2) is 5.78 Å². The molecule has 0 bridgehead atoms. The maximum Gasteiger partial charge on any atom is 0.232 e. The average molecular weight is 307 g/mol. The summed E-state index contributed by atoms with van der Waals surface area (Å²) >= 11 is 0. The number of amides is 1. The van der Waals surface area contributed by atoms with Crippen molar-refractivity contribution in [3.8, 4) is 0 Å². The molecule has 0 N–H and O–H groups in total. The number of rotatable bonds is 2. The minimum atomic E-state index is -0.250. The predicted molar refractivity (Wildman–Crippen MR) is 85.9 cm³/mol. The number of hydrogen-bond donors (Lipinski definition) is 0. The van der Waals surface area contributed by atoms with Gasteiger partial charge < -0.3 is 4.42 Å². The lowest BCUT2D eigenvalue weighted by molar-refractivity contribution is -0.120. The fourth-order valence-corrected chi connectivity index (χ4v) is 3.60. The van der Waals surface area contributed by atoms with E-state index in [9.17, 15) is 9.59 Å². The summed E-state index contributed by atoms with van der Waals surface area (Å²) in [5.74, 6) is 0.612. The smallest absolute Gasteiger partial charge is 0.232 e. The van der Waals surface area contributed by atoms with Crippen LogP contribution in [0.4, 0.5) is 5.69 Å². The summed E-state index contributed by atoms with van der Waals surface area (Å²) in [6.45, 7) is 0. The third-order valence-corrected chi connectivity index (χ3v) is 4.58. The predicted octanol–water partition coefficient (Wildman–Crippen LogP) is 3.81. The number of benzene rings is 1. The van der Waals surface area contributed by atoms with E-state index in [4.69, 9.17) is 4.42 Å². The Labute approximate surface area is 134 Å². The number of hydrogen-bond acceptors (Lipinski definition) is 3. The van der Waals surface area contributed by atoms with Crippen LogP contribution in [0.25, 0.3) is 0 Å². The largest absolute Gasteiger partial charge is 0.469 e. The minimum absolute atomic E-state index is 0.0195. The Morgan fingerprint density at radius 1 is 1.00 bits per heavy atom. The molecule has 1 aromatic heterocycles. The standard InChI is InChI=1S/C19H17NO3/c21-16-9-4-8-15-19(16)14(17-10-5-11-23-17)12-18(22)20(15)13-6-2-1-3-7-13/h1-3,5-7,10-11,14H,4,8-9,12H2. The van der Waals surface area contributed by atoms with Gasteiger partial charge in [-0.15, -0.1) is 0 Å². The van der Waals surface area contributed by atoms with Crippen molar-refractivity contribution in [3.05, 3.63) is 65.8 Å². The van der Waals surface area contributed by atoms with Crippen molar-refractivity contribution < 1.29 is 14.0 Å². The number of carbonyl (C=O) groups is 2. The van der Waals surface area contributed by atoms with Crippen LogP contribution in [0.3, 0.4) is 0 Å². The maximum atomic E-state index is 12.8. The zero-order valence-corrected chi connectivity index (χ0v) is 12.7. The number of carbonyl (C=O) groups excluding carboxylic acids is 2. The first-order valence-corrected chi connectivity index (χ1v) is 7.93. The SMILES string of the molecule is O=C1CCCC2=C1C(c1ccco1)CC(=O)N2c1ccccc1. The topological polar surface area (TPSA) is 50.5 Å². The van der Waals surface area contributed by atoms with E-state index >= 15 is 0 Å². The van der Waals surface area contributed by atoms with Crippen molar-refractivity contribution in [1.29, 1.82) is 0 Å². The third-order valence-electron chi connectivity index (χ3n) is 4.58. The number of anilines is 1. The summed E-state index contributed by atoms with van der Waals surface area (Å²) in [4.78, 5) is 27.1. The number of para-hydroxylation sites is 1. The second-order valence-corrected chi connectivity index (χ2v) is 5.97. The third kappa shape index (κ3) is 2.31. The van der Waals surface area contributed by atoms with Crippen molar-refractivity contribution in [3.63, 3.8) is 0 Å². The van der Waals surface area contributed by atoms with E-state index in [1.165, 1.54) is 0 Å². The van der Waals surface area contributed by atoms with Crippen LogP contribution in [0.1, 0.15) is 37.4 Å². The van der Waals surface area contributed by atoms with Gasteiger partial charge in [0.1, 0.15) is 5.76 Å². The molecular formula is C19H17NO3. The first-order valence-electron chi connectivity index (χ1n) is 7.93. The van der Waals surface area contributed by atoms with Crippen LogP contribution in [0.15, 0.2) is 64.4 Å². The molecule has 2 aromatic rings. The molecule has 4 nitrogen and oxygen atoms in total. The summed E-state index contributed by atoms with van der Waals surface area (Å²) in [6, 6.07) is 13.2. The summed E-state index contributed by atoms with van der Waals surface area (Å²) in [7, 11) is 0. The molecule has 0 spiro atoms.